The topological polar surface area (TPSA) is 65.2 Å². The van der Waals surface area contributed by atoms with Crippen LogP contribution in [0.5, 0.6) is 5.75 Å². The molecule has 2 aromatic rings. The molecule has 1 heterocycles. The van der Waals surface area contributed by atoms with Crippen LogP contribution in [-0.2, 0) is 17.8 Å². The van der Waals surface area contributed by atoms with E-state index in [1.165, 1.54) is 0 Å². The molecule has 5 heteroatoms. The Labute approximate surface area is 116 Å². The van der Waals surface area contributed by atoms with Gasteiger partial charge in [0.1, 0.15) is 11.5 Å². The first-order valence-corrected chi connectivity index (χ1v) is 6.74. The van der Waals surface area contributed by atoms with Crippen LogP contribution in [0.4, 0.5) is 0 Å². The van der Waals surface area contributed by atoms with Gasteiger partial charge in [0.25, 0.3) is 0 Å². The summed E-state index contributed by atoms with van der Waals surface area (Å²) in [5, 5.41) is 3.89. The SMILES string of the molecule is CC(=O)Cc1ccc(OCc2noc(C3CC3)n2)cc1. The zero-order valence-electron chi connectivity index (χ0n) is 11.3. The fourth-order valence-electron chi connectivity index (χ4n) is 1.96. The van der Waals surface area contributed by atoms with Gasteiger partial charge in [0, 0.05) is 12.3 Å². The summed E-state index contributed by atoms with van der Waals surface area (Å²) < 4.78 is 10.8. The summed E-state index contributed by atoms with van der Waals surface area (Å²) in [5.41, 5.74) is 0.987. The molecule has 1 fully saturated rings. The third kappa shape index (κ3) is 3.23. The molecule has 20 heavy (non-hydrogen) atoms. The van der Waals surface area contributed by atoms with Crippen LogP contribution in [0.2, 0.25) is 0 Å². The second kappa shape index (κ2) is 5.45. The van der Waals surface area contributed by atoms with Crippen LogP contribution in [0.3, 0.4) is 0 Å². The summed E-state index contributed by atoms with van der Waals surface area (Å²) >= 11 is 0. The van der Waals surface area contributed by atoms with Gasteiger partial charge in [0.15, 0.2) is 6.61 Å². The van der Waals surface area contributed by atoms with Gasteiger partial charge in [-0.25, -0.2) is 0 Å². The number of Topliss-reactive ketones (excluding diaryl/α,β-unsaturated/α-hetero) is 1. The van der Waals surface area contributed by atoms with Gasteiger partial charge in [-0.2, -0.15) is 4.98 Å². The van der Waals surface area contributed by atoms with E-state index >= 15 is 0 Å². The summed E-state index contributed by atoms with van der Waals surface area (Å²) in [7, 11) is 0. The van der Waals surface area contributed by atoms with E-state index in [4.69, 9.17) is 9.26 Å². The van der Waals surface area contributed by atoms with E-state index in [0.717, 1.165) is 30.0 Å². The van der Waals surface area contributed by atoms with Crippen molar-refractivity contribution < 1.29 is 14.1 Å². The molecule has 5 nitrogen and oxygen atoms in total. The number of ether oxygens (including phenoxy) is 1. The maximum atomic E-state index is 11.0. The van der Waals surface area contributed by atoms with Gasteiger partial charge >= 0.3 is 0 Å². The summed E-state index contributed by atoms with van der Waals surface area (Å²) in [6, 6.07) is 7.48. The van der Waals surface area contributed by atoms with E-state index in [9.17, 15) is 4.79 Å². The number of hydrogen-bond donors (Lipinski definition) is 0. The number of nitrogens with zero attached hydrogens (tertiary/aromatic N) is 2. The Morgan fingerprint density at radius 3 is 2.75 bits per heavy atom. The molecular weight excluding hydrogens is 256 g/mol. The van der Waals surface area contributed by atoms with Crippen LogP contribution in [0.15, 0.2) is 28.8 Å². The molecule has 0 bridgehead atoms. The van der Waals surface area contributed by atoms with E-state index in [-0.39, 0.29) is 5.78 Å². The minimum atomic E-state index is 0.151. The highest BCUT2D eigenvalue weighted by molar-refractivity contribution is 5.78. The minimum Gasteiger partial charge on any atom is -0.485 e. The molecule has 3 rings (SSSR count). The number of hydrogen-bond acceptors (Lipinski definition) is 5. The van der Waals surface area contributed by atoms with Crippen molar-refractivity contribution in [3.8, 4) is 5.75 Å². The van der Waals surface area contributed by atoms with Crippen molar-refractivity contribution in [1.29, 1.82) is 0 Å². The number of carbonyl (C=O) groups is 1. The van der Waals surface area contributed by atoms with Crippen LogP contribution in [0, 0.1) is 0 Å². The maximum Gasteiger partial charge on any atom is 0.229 e. The lowest BCUT2D eigenvalue weighted by Crippen LogP contribution is -1.99. The normalized spacial score (nSPS) is 14.2. The molecule has 1 aliphatic carbocycles. The van der Waals surface area contributed by atoms with E-state index < -0.39 is 0 Å². The van der Waals surface area contributed by atoms with Crippen molar-refractivity contribution in [3.63, 3.8) is 0 Å². The Bertz CT molecular complexity index is 600. The Morgan fingerprint density at radius 2 is 2.10 bits per heavy atom. The molecule has 0 N–H and O–H groups in total. The molecule has 0 spiro atoms. The average molecular weight is 272 g/mol. The number of benzene rings is 1. The number of carbonyl (C=O) groups excluding carboxylic acids is 1. The lowest BCUT2D eigenvalue weighted by atomic mass is 10.1. The molecule has 0 aliphatic heterocycles. The number of ketones is 1. The largest absolute Gasteiger partial charge is 0.485 e. The molecule has 0 unspecified atom stereocenters. The third-order valence-corrected chi connectivity index (χ3v) is 3.15. The van der Waals surface area contributed by atoms with Crippen molar-refractivity contribution in [2.75, 3.05) is 0 Å². The van der Waals surface area contributed by atoms with Crippen molar-refractivity contribution in [3.05, 3.63) is 41.5 Å². The first kappa shape index (κ1) is 12.8. The monoisotopic (exact) mass is 272 g/mol. The first-order valence-electron chi connectivity index (χ1n) is 6.74. The molecule has 1 aromatic carbocycles. The highest BCUT2D eigenvalue weighted by Crippen LogP contribution is 2.38. The van der Waals surface area contributed by atoms with Gasteiger partial charge in [0.2, 0.25) is 11.7 Å². The zero-order valence-corrected chi connectivity index (χ0v) is 11.3. The minimum absolute atomic E-state index is 0.151. The van der Waals surface area contributed by atoms with Crippen molar-refractivity contribution >= 4 is 5.78 Å². The fraction of sp³-hybridized carbons (Fsp3) is 0.400. The van der Waals surface area contributed by atoms with Crippen molar-refractivity contribution in [2.45, 2.75) is 38.7 Å². The van der Waals surface area contributed by atoms with Gasteiger partial charge in [-0.05, 0) is 37.5 Å². The molecule has 0 amide bonds. The predicted octanol–water partition coefficient (Wildman–Crippen LogP) is 2.66. The van der Waals surface area contributed by atoms with Crippen LogP contribution in [0.1, 0.15) is 43.0 Å². The van der Waals surface area contributed by atoms with Gasteiger partial charge in [-0.15, -0.1) is 0 Å². The lowest BCUT2D eigenvalue weighted by Gasteiger charge is -2.04. The Kier molecular flexibility index (Phi) is 3.50. The van der Waals surface area contributed by atoms with Gasteiger partial charge in [0.05, 0.1) is 0 Å². The third-order valence-electron chi connectivity index (χ3n) is 3.15. The van der Waals surface area contributed by atoms with Gasteiger partial charge in [-0.3, -0.25) is 4.79 Å². The fourth-order valence-corrected chi connectivity index (χ4v) is 1.96. The van der Waals surface area contributed by atoms with Crippen molar-refractivity contribution in [1.82, 2.24) is 10.1 Å². The Morgan fingerprint density at radius 1 is 1.35 bits per heavy atom. The summed E-state index contributed by atoms with van der Waals surface area (Å²) in [6.45, 7) is 1.88. The molecule has 1 aliphatic rings. The molecule has 0 atom stereocenters. The maximum absolute atomic E-state index is 11.0. The van der Waals surface area contributed by atoms with Crippen LogP contribution in [0.25, 0.3) is 0 Å². The first-order chi connectivity index (χ1) is 9.70. The Balaban J connectivity index is 1.55. The second-order valence-electron chi connectivity index (χ2n) is 5.13. The molecule has 1 aromatic heterocycles. The molecule has 1 saturated carbocycles. The van der Waals surface area contributed by atoms with Crippen LogP contribution < -0.4 is 4.74 Å². The summed E-state index contributed by atoms with van der Waals surface area (Å²) in [5.74, 6) is 2.63. The van der Waals surface area contributed by atoms with Gasteiger partial charge < -0.3 is 9.26 Å². The van der Waals surface area contributed by atoms with E-state index in [2.05, 4.69) is 10.1 Å². The zero-order chi connectivity index (χ0) is 13.9. The standard InChI is InChI=1S/C15H16N2O3/c1-10(18)8-11-2-6-13(7-3-11)19-9-14-16-15(20-17-14)12-4-5-12/h2-3,6-7,12H,4-5,8-9H2,1H3. The van der Waals surface area contributed by atoms with Crippen LogP contribution in [-0.4, -0.2) is 15.9 Å². The summed E-state index contributed by atoms with van der Waals surface area (Å²) in [4.78, 5) is 15.3. The molecule has 104 valence electrons. The average Bonchev–Trinajstić information content (AvgIpc) is 3.17. The molecular formula is C15H16N2O3. The van der Waals surface area contributed by atoms with Gasteiger partial charge in [-0.1, -0.05) is 17.3 Å². The summed E-state index contributed by atoms with van der Waals surface area (Å²) in [6.07, 6.45) is 2.73. The van der Waals surface area contributed by atoms with E-state index in [1.54, 1.807) is 6.92 Å². The quantitative estimate of drug-likeness (QED) is 0.808. The predicted molar refractivity (Wildman–Crippen MR) is 71.4 cm³/mol. The van der Waals surface area contributed by atoms with E-state index in [0.29, 0.717) is 24.8 Å². The van der Waals surface area contributed by atoms with E-state index in [1.807, 2.05) is 24.3 Å². The second-order valence-corrected chi connectivity index (χ2v) is 5.13. The highest BCUT2D eigenvalue weighted by Gasteiger charge is 2.29. The molecule has 0 saturated heterocycles. The lowest BCUT2D eigenvalue weighted by molar-refractivity contribution is -0.116. The molecule has 0 radical (unpaired) electrons. The number of rotatable bonds is 6. The number of aromatic nitrogens is 2. The Hall–Kier alpha value is -2.17. The smallest absolute Gasteiger partial charge is 0.229 e. The van der Waals surface area contributed by atoms with Crippen LogP contribution >= 0.6 is 0 Å². The highest BCUT2D eigenvalue weighted by atomic mass is 16.5. The van der Waals surface area contributed by atoms with Crippen molar-refractivity contribution in [2.24, 2.45) is 0 Å².